The summed E-state index contributed by atoms with van der Waals surface area (Å²) in [5.41, 5.74) is 6.25. The lowest BCUT2D eigenvalue weighted by Gasteiger charge is -2.43. The van der Waals surface area contributed by atoms with Crippen molar-refractivity contribution in [3.8, 4) is 0 Å². The predicted molar refractivity (Wildman–Crippen MR) is 184 cm³/mol. The third kappa shape index (κ3) is 5.45. The highest BCUT2D eigenvalue weighted by Crippen LogP contribution is 2.41. The van der Waals surface area contributed by atoms with E-state index in [-0.39, 0.29) is 29.4 Å². The van der Waals surface area contributed by atoms with Gasteiger partial charge in [-0.15, -0.1) is 0 Å². The zero-order valence-corrected chi connectivity index (χ0v) is 27.9. The monoisotopic (exact) mass is 652 g/mol. The van der Waals surface area contributed by atoms with Crippen molar-refractivity contribution in [2.24, 2.45) is 23.4 Å². The van der Waals surface area contributed by atoms with E-state index < -0.39 is 5.92 Å². The Hall–Kier alpha value is -4.26. The van der Waals surface area contributed by atoms with Gasteiger partial charge in [0.25, 0.3) is 11.5 Å². The van der Waals surface area contributed by atoms with Gasteiger partial charge in [-0.05, 0) is 53.6 Å². The van der Waals surface area contributed by atoms with Crippen LogP contribution in [0.15, 0.2) is 58.3 Å². The number of nitrogens with one attached hydrogen (secondary N) is 1. The van der Waals surface area contributed by atoms with E-state index in [0.29, 0.717) is 42.0 Å². The van der Waals surface area contributed by atoms with Gasteiger partial charge >= 0.3 is 0 Å². The molecule has 48 heavy (non-hydrogen) atoms. The Labute approximate surface area is 280 Å². The molecular weight excluding hydrogens is 608 g/mol. The molecule has 7 heterocycles. The number of hydrogen-bond acceptors (Lipinski definition) is 9. The van der Waals surface area contributed by atoms with Crippen molar-refractivity contribution in [2.45, 2.75) is 45.2 Å². The second-order valence-electron chi connectivity index (χ2n) is 14.6. The summed E-state index contributed by atoms with van der Waals surface area (Å²) < 4.78 is 9.09. The molecule has 2 fully saturated rings. The van der Waals surface area contributed by atoms with E-state index in [1.165, 1.54) is 11.3 Å². The number of hydrogen-bond donors (Lipinski definition) is 2. The molecule has 2 unspecified atom stereocenters. The van der Waals surface area contributed by atoms with E-state index in [1.54, 1.807) is 35.1 Å². The van der Waals surface area contributed by atoms with Crippen LogP contribution in [0.1, 0.15) is 47.1 Å². The lowest BCUT2D eigenvalue weighted by molar-refractivity contribution is -0.0660. The first-order chi connectivity index (χ1) is 23.2. The van der Waals surface area contributed by atoms with E-state index in [9.17, 15) is 14.7 Å². The van der Waals surface area contributed by atoms with Crippen LogP contribution >= 0.6 is 0 Å². The minimum absolute atomic E-state index is 0.0545. The molecule has 5 aliphatic rings. The van der Waals surface area contributed by atoms with Crippen LogP contribution in [-0.4, -0.2) is 99.7 Å². The SMILES string of the molecule is Cn1cc(C2C=NC=C(N3CCn4c(cc5c4CC(C)(C)C5)C3=O)C2CO)cc(Nc2ccc(N3CCN(C4COC4)CC3)cn2)c1=O. The molecule has 4 aliphatic heterocycles. The Bertz CT molecular complexity index is 1850. The summed E-state index contributed by atoms with van der Waals surface area (Å²) in [6, 6.07) is 8.38. The summed E-state index contributed by atoms with van der Waals surface area (Å²) in [6.45, 7) is 11.2. The number of rotatable bonds is 7. The highest BCUT2D eigenvalue weighted by Gasteiger charge is 2.40. The Kier molecular flexibility index (Phi) is 7.77. The smallest absolute Gasteiger partial charge is 0.274 e. The summed E-state index contributed by atoms with van der Waals surface area (Å²) in [5, 5.41) is 14.0. The Morgan fingerprint density at radius 1 is 1.04 bits per heavy atom. The quantitative estimate of drug-likeness (QED) is 0.400. The number of aliphatic imine (C=N–C) groups is 1. The van der Waals surface area contributed by atoms with E-state index in [1.807, 2.05) is 24.4 Å². The fraction of sp³-hybridized carbons (Fsp3) is 0.500. The van der Waals surface area contributed by atoms with Crippen molar-refractivity contribution in [3.63, 3.8) is 0 Å². The van der Waals surface area contributed by atoms with Crippen molar-refractivity contribution < 1.29 is 14.6 Å². The molecule has 2 saturated heterocycles. The third-order valence-electron chi connectivity index (χ3n) is 10.8. The minimum Gasteiger partial charge on any atom is -0.396 e. The molecule has 1 amide bonds. The molecule has 0 aromatic carbocycles. The van der Waals surface area contributed by atoms with Gasteiger partial charge in [-0.25, -0.2) is 4.98 Å². The van der Waals surface area contributed by atoms with Crippen molar-refractivity contribution >= 4 is 29.3 Å². The lowest BCUT2D eigenvalue weighted by Crippen LogP contribution is -2.56. The number of carbonyl (C=O) groups is 1. The average molecular weight is 653 g/mol. The highest BCUT2D eigenvalue weighted by atomic mass is 16.5. The van der Waals surface area contributed by atoms with Crippen LogP contribution in [-0.2, 0) is 31.2 Å². The maximum absolute atomic E-state index is 13.9. The van der Waals surface area contributed by atoms with Crippen LogP contribution in [0.4, 0.5) is 17.2 Å². The van der Waals surface area contributed by atoms with E-state index >= 15 is 0 Å². The van der Waals surface area contributed by atoms with Gasteiger partial charge in [0.1, 0.15) is 17.2 Å². The molecule has 3 aromatic rings. The fourth-order valence-corrected chi connectivity index (χ4v) is 8.12. The second-order valence-corrected chi connectivity index (χ2v) is 14.6. The first-order valence-corrected chi connectivity index (χ1v) is 17.1. The number of aliphatic hydroxyl groups excluding tert-OH is 1. The molecule has 8 rings (SSSR count). The number of carbonyl (C=O) groups excluding carboxylic acids is 1. The maximum atomic E-state index is 13.9. The first kappa shape index (κ1) is 31.0. The Morgan fingerprint density at radius 3 is 2.56 bits per heavy atom. The molecule has 12 heteroatoms. The second kappa shape index (κ2) is 12.0. The van der Waals surface area contributed by atoms with Gasteiger partial charge < -0.3 is 34.1 Å². The lowest BCUT2D eigenvalue weighted by atomic mass is 9.83. The highest BCUT2D eigenvalue weighted by molar-refractivity contribution is 5.95. The van der Waals surface area contributed by atoms with Gasteiger partial charge in [-0.2, -0.15) is 0 Å². The summed E-state index contributed by atoms with van der Waals surface area (Å²) in [7, 11) is 1.72. The molecule has 2 N–H and O–H groups in total. The van der Waals surface area contributed by atoms with Crippen molar-refractivity contribution in [1.82, 2.24) is 23.9 Å². The zero-order valence-electron chi connectivity index (χ0n) is 27.9. The van der Waals surface area contributed by atoms with E-state index in [4.69, 9.17) is 4.74 Å². The molecule has 2 atom stereocenters. The number of aromatic nitrogens is 3. The number of ether oxygens (including phenoxy) is 1. The number of amides is 1. The fourth-order valence-electron chi connectivity index (χ4n) is 8.12. The van der Waals surface area contributed by atoms with Crippen molar-refractivity contribution in [1.29, 1.82) is 0 Å². The van der Waals surface area contributed by atoms with Gasteiger partial charge in [0.15, 0.2) is 0 Å². The van der Waals surface area contributed by atoms with Crippen LogP contribution < -0.4 is 15.8 Å². The van der Waals surface area contributed by atoms with Gasteiger partial charge in [0, 0.05) is 88.2 Å². The van der Waals surface area contributed by atoms with Gasteiger partial charge in [0.2, 0.25) is 0 Å². The largest absolute Gasteiger partial charge is 0.396 e. The molecule has 0 radical (unpaired) electrons. The summed E-state index contributed by atoms with van der Waals surface area (Å²) in [6.07, 6.45) is 9.09. The van der Waals surface area contributed by atoms with Crippen molar-refractivity contribution in [2.75, 3.05) is 62.8 Å². The molecule has 0 spiro atoms. The number of aryl methyl sites for hydroxylation is 1. The van der Waals surface area contributed by atoms with E-state index in [0.717, 1.165) is 63.5 Å². The summed E-state index contributed by atoms with van der Waals surface area (Å²) in [4.78, 5) is 43.0. The van der Waals surface area contributed by atoms with Gasteiger partial charge in [0.05, 0.1) is 37.7 Å². The first-order valence-electron chi connectivity index (χ1n) is 17.1. The number of piperazine rings is 1. The number of aliphatic hydroxyl groups is 1. The van der Waals surface area contributed by atoms with Crippen molar-refractivity contribution in [3.05, 3.63) is 81.4 Å². The molecule has 252 valence electrons. The number of fused-ring (bicyclic) bond motifs is 3. The van der Waals surface area contributed by atoms with Gasteiger partial charge in [-0.3, -0.25) is 19.5 Å². The molecular formula is C36H44N8O4. The van der Waals surface area contributed by atoms with Crippen LogP contribution in [0.3, 0.4) is 0 Å². The standard InChI is InChI=1S/C36H44N8O4/c1-36(2)14-23-13-30-35(47)44(11-10-43(30)31(23)15-36)32-18-37-17-27(28(32)20-45)24-12-29(34(46)40(3)19-24)39-33-5-4-25(16-38-33)41-6-8-42(9-7-41)26-21-48-22-26/h4-5,12-13,16-19,26-28,45H,6-11,14-15,20-22H2,1-3H3,(H,38,39). The molecule has 0 saturated carbocycles. The summed E-state index contributed by atoms with van der Waals surface area (Å²) in [5.74, 6) is -0.220. The molecule has 12 nitrogen and oxygen atoms in total. The summed E-state index contributed by atoms with van der Waals surface area (Å²) >= 11 is 0. The topological polar surface area (TPSA) is 120 Å². The predicted octanol–water partition coefficient (Wildman–Crippen LogP) is 2.74. The van der Waals surface area contributed by atoms with Gasteiger partial charge in [-0.1, -0.05) is 13.8 Å². The zero-order chi connectivity index (χ0) is 33.2. The van der Waals surface area contributed by atoms with Crippen LogP contribution in [0.2, 0.25) is 0 Å². The maximum Gasteiger partial charge on any atom is 0.274 e. The molecule has 1 aliphatic carbocycles. The van der Waals surface area contributed by atoms with Crippen LogP contribution in [0, 0.1) is 11.3 Å². The van der Waals surface area contributed by atoms with Crippen LogP contribution in [0.25, 0.3) is 0 Å². The van der Waals surface area contributed by atoms with Crippen LogP contribution in [0.5, 0.6) is 0 Å². The molecule has 3 aromatic heterocycles. The normalized spacial score (nSPS) is 23.9. The molecule has 0 bridgehead atoms. The third-order valence-corrected chi connectivity index (χ3v) is 10.8. The van der Waals surface area contributed by atoms with E-state index in [2.05, 4.69) is 49.6 Å². The minimum atomic E-state index is -0.404. The number of anilines is 3. The Balaban J connectivity index is 0.985. The number of nitrogens with zero attached hydrogens (tertiary/aromatic N) is 7. The Morgan fingerprint density at radius 2 is 1.85 bits per heavy atom. The number of pyridine rings is 2. The average Bonchev–Trinajstić information content (AvgIpc) is 3.55.